The molecule has 0 saturated carbocycles. The molecule has 2 unspecified atom stereocenters. The van der Waals surface area contributed by atoms with Crippen molar-refractivity contribution in [2.24, 2.45) is 11.7 Å². The summed E-state index contributed by atoms with van der Waals surface area (Å²) in [5, 5.41) is 3.30. The van der Waals surface area contributed by atoms with Crippen LogP contribution in [-0.2, 0) is 4.79 Å². The van der Waals surface area contributed by atoms with Crippen LogP contribution in [0.1, 0.15) is 18.0 Å². The molecule has 3 N–H and O–H groups in total. The Balaban J connectivity index is 2.17. The van der Waals surface area contributed by atoms with Crippen LogP contribution in [0.5, 0.6) is 5.75 Å². The highest BCUT2D eigenvalue weighted by Crippen LogP contribution is 2.32. The number of hydrogen-bond donors (Lipinski definition) is 2. The Hall–Kier alpha value is -1.55. The molecular weight excluding hydrogens is 204 g/mol. The van der Waals surface area contributed by atoms with Crippen LogP contribution in [0.3, 0.4) is 0 Å². The van der Waals surface area contributed by atoms with Gasteiger partial charge in [-0.3, -0.25) is 4.79 Å². The Morgan fingerprint density at radius 2 is 2.25 bits per heavy atom. The highest BCUT2D eigenvalue weighted by atomic mass is 16.5. The van der Waals surface area contributed by atoms with Crippen molar-refractivity contribution in [1.29, 1.82) is 0 Å². The molecule has 1 aromatic rings. The van der Waals surface area contributed by atoms with E-state index < -0.39 is 0 Å². The maximum Gasteiger partial charge on any atom is 0.221 e. The Bertz CT molecular complexity index is 392. The lowest BCUT2D eigenvalue weighted by atomic mass is 9.99. The first-order chi connectivity index (χ1) is 7.72. The van der Waals surface area contributed by atoms with Gasteiger partial charge in [0.25, 0.3) is 0 Å². The summed E-state index contributed by atoms with van der Waals surface area (Å²) >= 11 is 0. The third kappa shape index (κ3) is 2.02. The van der Waals surface area contributed by atoms with Gasteiger partial charge >= 0.3 is 0 Å². The zero-order chi connectivity index (χ0) is 11.5. The van der Waals surface area contributed by atoms with Crippen molar-refractivity contribution in [1.82, 2.24) is 5.32 Å². The molecule has 1 amide bonds. The molecule has 0 bridgehead atoms. The van der Waals surface area contributed by atoms with Gasteiger partial charge in [-0.1, -0.05) is 18.2 Å². The fraction of sp³-hybridized carbons (Fsp3) is 0.417. The van der Waals surface area contributed by atoms with Gasteiger partial charge in [0.15, 0.2) is 0 Å². The zero-order valence-corrected chi connectivity index (χ0v) is 9.27. The van der Waals surface area contributed by atoms with Crippen LogP contribution in [0.25, 0.3) is 0 Å². The van der Waals surface area contributed by atoms with Crippen LogP contribution in [0.15, 0.2) is 24.3 Å². The van der Waals surface area contributed by atoms with Gasteiger partial charge < -0.3 is 15.8 Å². The quantitative estimate of drug-likeness (QED) is 0.793. The third-order valence-corrected chi connectivity index (χ3v) is 3.05. The largest absolute Gasteiger partial charge is 0.496 e. The van der Waals surface area contributed by atoms with Crippen LogP contribution in [0.4, 0.5) is 0 Å². The minimum Gasteiger partial charge on any atom is -0.496 e. The lowest BCUT2D eigenvalue weighted by Gasteiger charge is -2.14. The molecule has 1 saturated heterocycles. The SMILES string of the molecule is COc1ccccc1C1CC(C(N)=O)CN1. The zero-order valence-electron chi connectivity index (χ0n) is 9.27. The van der Waals surface area contributed by atoms with Crippen molar-refractivity contribution in [2.75, 3.05) is 13.7 Å². The summed E-state index contributed by atoms with van der Waals surface area (Å²) in [5.41, 5.74) is 6.39. The molecule has 0 aliphatic carbocycles. The van der Waals surface area contributed by atoms with Gasteiger partial charge in [0.1, 0.15) is 5.75 Å². The second-order valence-electron chi connectivity index (χ2n) is 4.04. The van der Waals surface area contributed by atoms with Crippen molar-refractivity contribution in [3.63, 3.8) is 0 Å². The summed E-state index contributed by atoms with van der Waals surface area (Å²) in [7, 11) is 1.65. The molecule has 2 rings (SSSR count). The monoisotopic (exact) mass is 220 g/mol. The van der Waals surface area contributed by atoms with Crippen LogP contribution < -0.4 is 15.8 Å². The molecule has 1 aromatic carbocycles. The minimum atomic E-state index is -0.232. The summed E-state index contributed by atoms with van der Waals surface area (Å²) < 4.78 is 5.30. The van der Waals surface area contributed by atoms with E-state index in [-0.39, 0.29) is 17.9 Å². The fourth-order valence-corrected chi connectivity index (χ4v) is 2.14. The van der Waals surface area contributed by atoms with Crippen molar-refractivity contribution < 1.29 is 9.53 Å². The summed E-state index contributed by atoms with van der Waals surface area (Å²) in [6, 6.07) is 8.00. The third-order valence-electron chi connectivity index (χ3n) is 3.05. The molecule has 0 radical (unpaired) electrons. The van der Waals surface area contributed by atoms with E-state index in [4.69, 9.17) is 10.5 Å². The molecule has 0 aromatic heterocycles. The Morgan fingerprint density at radius 1 is 1.50 bits per heavy atom. The van der Waals surface area contributed by atoms with E-state index in [1.54, 1.807) is 7.11 Å². The van der Waals surface area contributed by atoms with Crippen LogP contribution in [0, 0.1) is 5.92 Å². The standard InChI is InChI=1S/C12H16N2O2/c1-16-11-5-3-2-4-9(11)10-6-8(7-14-10)12(13)15/h2-5,8,10,14H,6-7H2,1H3,(H2,13,15). The topological polar surface area (TPSA) is 64.3 Å². The van der Waals surface area contributed by atoms with Gasteiger partial charge in [-0.25, -0.2) is 0 Å². The van der Waals surface area contributed by atoms with Crippen molar-refractivity contribution in [3.05, 3.63) is 29.8 Å². The number of carbonyl (C=O) groups excluding carboxylic acids is 1. The number of hydrogen-bond acceptors (Lipinski definition) is 3. The second-order valence-corrected chi connectivity index (χ2v) is 4.04. The molecular formula is C12H16N2O2. The first-order valence-electron chi connectivity index (χ1n) is 5.38. The summed E-state index contributed by atoms with van der Waals surface area (Å²) in [6.45, 7) is 0.651. The molecule has 1 fully saturated rings. The van der Waals surface area contributed by atoms with Gasteiger partial charge in [-0.15, -0.1) is 0 Å². The van der Waals surface area contributed by atoms with E-state index in [0.717, 1.165) is 17.7 Å². The summed E-state index contributed by atoms with van der Waals surface area (Å²) in [4.78, 5) is 11.1. The van der Waals surface area contributed by atoms with E-state index >= 15 is 0 Å². The molecule has 1 aliphatic heterocycles. The number of rotatable bonds is 3. The van der Waals surface area contributed by atoms with Gasteiger partial charge in [-0.05, 0) is 12.5 Å². The highest BCUT2D eigenvalue weighted by Gasteiger charge is 2.30. The lowest BCUT2D eigenvalue weighted by Crippen LogP contribution is -2.24. The molecule has 0 spiro atoms. The van der Waals surface area contributed by atoms with E-state index in [1.807, 2.05) is 24.3 Å². The first-order valence-corrected chi connectivity index (χ1v) is 5.38. The minimum absolute atomic E-state index is 0.0742. The van der Waals surface area contributed by atoms with Gasteiger partial charge in [0, 0.05) is 18.2 Å². The molecule has 86 valence electrons. The predicted octanol–water partition coefficient (Wildman–Crippen LogP) is 0.831. The summed E-state index contributed by atoms with van der Waals surface area (Å²) in [5.74, 6) is 0.546. The second kappa shape index (κ2) is 4.53. The number of ether oxygens (including phenoxy) is 1. The normalized spacial score (nSPS) is 24.3. The maximum atomic E-state index is 11.1. The number of para-hydroxylation sites is 1. The summed E-state index contributed by atoms with van der Waals surface area (Å²) in [6.07, 6.45) is 0.746. The van der Waals surface area contributed by atoms with Crippen LogP contribution in [0.2, 0.25) is 0 Å². The highest BCUT2D eigenvalue weighted by molar-refractivity contribution is 5.77. The Labute approximate surface area is 94.8 Å². The van der Waals surface area contributed by atoms with E-state index in [1.165, 1.54) is 0 Å². The maximum absolute atomic E-state index is 11.1. The van der Waals surface area contributed by atoms with Crippen LogP contribution >= 0.6 is 0 Å². The van der Waals surface area contributed by atoms with E-state index in [2.05, 4.69) is 5.32 Å². The lowest BCUT2D eigenvalue weighted by molar-refractivity contribution is -0.121. The smallest absolute Gasteiger partial charge is 0.221 e. The average molecular weight is 220 g/mol. The number of amides is 1. The van der Waals surface area contributed by atoms with E-state index in [9.17, 15) is 4.79 Å². The molecule has 1 heterocycles. The van der Waals surface area contributed by atoms with Gasteiger partial charge in [0.2, 0.25) is 5.91 Å². The number of carbonyl (C=O) groups is 1. The van der Waals surface area contributed by atoms with Crippen molar-refractivity contribution in [2.45, 2.75) is 12.5 Å². The van der Waals surface area contributed by atoms with Crippen molar-refractivity contribution >= 4 is 5.91 Å². The molecule has 1 aliphatic rings. The molecule has 2 atom stereocenters. The number of nitrogens with one attached hydrogen (secondary N) is 1. The number of methoxy groups -OCH3 is 1. The molecule has 4 nitrogen and oxygen atoms in total. The number of primary amides is 1. The van der Waals surface area contributed by atoms with E-state index in [0.29, 0.717) is 6.54 Å². The number of nitrogens with two attached hydrogens (primary N) is 1. The predicted molar refractivity (Wildman–Crippen MR) is 61.0 cm³/mol. The average Bonchev–Trinajstić information content (AvgIpc) is 2.78. The Kier molecular flexibility index (Phi) is 3.10. The van der Waals surface area contributed by atoms with Crippen molar-refractivity contribution in [3.8, 4) is 5.75 Å². The molecule has 4 heteroatoms. The van der Waals surface area contributed by atoms with Crippen LogP contribution in [-0.4, -0.2) is 19.6 Å². The fourth-order valence-electron chi connectivity index (χ4n) is 2.14. The molecule has 16 heavy (non-hydrogen) atoms. The Morgan fingerprint density at radius 3 is 2.88 bits per heavy atom. The first kappa shape index (κ1) is 11.0. The van der Waals surface area contributed by atoms with Gasteiger partial charge in [-0.2, -0.15) is 0 Å². The number of benzene rings is 1. The van der Waals surface area contributed by atoms with Gasteiger partial charge in [0.05, 0.1) is 13.0 Å².